The van der Waals surface area contributed by atoms with E-state index in [0.717, 1.165) is 22.3 Å². The smallest absolute Gasteiger partial charge is 0.336 e. The molecular weight excluding hydrogens is 412 g/mol. The molecule has 0 amide bonds. The van der Waals surface area contributed by atoms with Crippen LogP contribution in [0.3, 0.4) is 0 Å². The first-order chi connectivity index (χ1) is 15.7. The first-order valence-electron chi connectivity index (χ1n) is 11.0. The van der Waals surface area contributed by atoms with Gasteiger partial charge in [-0.25, -0.2) is 4.79 Å². The van der Waals surface area contributed by atoms with Crippen LogP contribution in [0.4, 0.5) is 0 Å². The van der Waals surface area contributed by atoms with Crippen molar-refractivity contribution in [3.05, 3.63) is 94.6 Å². The summed E-state index contributed by atoms with van der Waals surface area (Å²) in [6.45, 7) is 10.8. The molecule has 3 aromatic carbocycles. The minimum absolute atomic E-state index is 0.132. The Hall–Kier alpha value is -3.53. The minimum atomic E-state index is -0.428. The summed E-state index contributed by atoms with van der Waals surface area (Å²) in [5, 5.41) is 0. The Balaban J connectivity index is 1.70. The van der Waals surface area contributed by atoms with Crippen molar-refractivity contribution in [2.24, 2.45) is 0 Å². The highest BCUT2D eigenvalue weighted by Crippen LogP contribution is 2.33. The molecule has 0 bridgehead atoms. The fourth-order valence-electron chi connectivity index (χ4n) is 3.46. The zero-order chi connectivity index (χ0) is 24.0. The lowest BCUT2D eigenvalue weighted by molar-refractivity contribution is -0.129. The second-order valence-corrected chi connectivity index (χ2v) is 9.13. The van der Waals surface area contributed by atoms with Crippen molar-refractivity contribution in [1.82, 2.24) is 0 Å². The van der Waals surface area contributed by atoms with Gasteiger partial charge >= 0.3 is 5.97 Å². The maximum Gasteiger partial charge on any atom is 0.336 e. The molecule has 0 fully saturated rings. The van der Waals surface area contributed by atoms with E-state index in [9.17, 15) is 4.79 Å². The van der Waals surface area contributed by atoms with Gasteiger partial charge in [0.1, 0.15) is 12.4 Å². The molecule has 4 nitrogen and oxygen atoms in total. The highest BCUT2D eigenvalue weighted by atomic mass is 16.5. The third kappa shape index (κ3) is 6.48. The van der Waals surface area contributed by atoms with Crippen molar-refractivity contribution >= 4 is 12.0 Å². The van der Waals surface area contributed by atoms with E-state index in [1.54, 1.807) is 13.2 Å². The zero-order valence-electron chi connectivity index (χ0n) is 20.3. The maximum atomic E-state index is 12.5. The molecule has 0 saturated heterocycles. The van der Waals surface area contributed by atoms with Gasteiger partial charge in [0.05, 0.1) is 7.11 Å². The normalized spacial score (nSPS) is 11.5. The summed E-state index contributed by atoms with van der Waals surface area (Å²) >= 11 is 0. The Bertz CT molecular complexity index is 1150. The number of carbonyl (C=O) groups excluding carboxylic acids is 1. The lowest BCUT2D eigenvalue weighted by atomic mass is 9.85. The lowest BCUT2D eigenvalue weighted by Gasteiger charge is -2.22. The molecule has 0 spiro atoms. The molecule has 4 heteroatoms. The van der Waals surface area contributed by atoms with E-state index in [1.807, 2.05) is 55.5 Å². The van der Waals surface area contributed by atoms with Crippen LogP contribution in [-0.4, -0.2) is 13.1 Å². The van der Waals surface area contributed by atoms with Crippen molar-refractivity contribution in [3.8, 4) is 17.2 Å². The fraction of sp³-hybridized carbons (Fsp3) is 0.276. The number of hydrogen-bond acceptors (Lipinski definition) is 4. The quantitative estimate of drug-likeness (QED) is 0.228. The number of hydrogen-bond donors (Lipinski definition) is 0. The van der Waals surface area contributed by atoms with E-state index < -0.39 is 5.97 Å². The number of ether oxygens (including phenoxy) is 3. The number of methoxy groups -OCH3 is 1. The van der Waals surface area contributed by atoms with Crippen molar-refractivity contribution in [3.63, 3.8) is 0 Å². The first-order valence-corrected chi connectivity index (χ1v) is 11.0. The van der Waals surface area contributed by atoms with Crippen molar-refractivity contribution < 1.29 is 19.0 Å². The summed E-state index contributed by atoms with van der Waals surface area (Å²) in [6.07, 6.45) is 3.13. The Morgan fingerprint density at radius 3 is 2.33 bits per heavy atom. The molecule has 0 N–H and O–H groups in total. The third-order valence-electron chi connectivity index (χ3n) is 5.40. The largest absolute Gasteiger partial charge is 0.493 e. The van der Waals surface area contributed by atoms with Crippen molar-refractivity contribution in [2.45, 2.75) is 46.6 Å². The predicted octanol–water partition coefficient (Wildman–Crippen LogP) is 6.81. The standard InChI is InChI=1S/C29H32O4/c1-20-11-14-25(24(17-20)29(3,4)5)33-28(30)16-13-22-12-15-26(27(18-22)31-6)32-19-23-10-8-7-9-21(23)2/h7-18H,19H2,1-6H3/b16-13+. The van der Waals surface area contributed by atoms with Crippen LogP contribution in [0.15, 0.2) is 66.7 Å². The number of aryl methyl sites for hydroxylation is 2. The molecule has 172 valence electrons. The van der Waals surface area contributed by atoms with E-state index >= 15 is 0 Å². The molecule has 0 radical (unpaired) electrons. The molecule has 0 aromatic heterocycles. The summed E-state index contributed by atoms with van der Waals surface area (Å²) in [5.74, 6) is 1.41. The van der Waals surface area contributed by atoms with Crippen LogP contribution in [0.25, 0.3) is 6.08 Å². The molecule has 0 aliphatic heterocycles. The van der Waals surface area contributed by atoms with Gasteiger partial charge in [-0.15, -0.1) is 0 Å². The highest BCUT2D eigenvalue weighted by molar-refractivity contribution is 5.89. The first kappa shape index (κ1) is 24.1. The van der Waals surface area contributed by atoms with Gasteiger partial charge in [-0.2, -0.15) is 0 Å². The monoisotopic (exact) mass is 444 g/mol. The molecule has 33 heavy (non-hydrogen) atoms. The van der Waals surface area contributed by atoms with Gasteiger partial charge in [-0.3, -0.25) is 0 Å². The van der Waals surface area contributed by atoms with Crippen molar-refractivity contribution in [1.29, 1.82) is 0 Å². The fourth-order valence-corrected chi connectivity index (χ4v) is 3.46. The molecule has 3 aromatic rings. The van der Waals surface area contributed by atoms with Gasteiger partial charge in [0, 0.05) is 11.6 Å². The molecule has 0 aliphatic carbocycles. The zero-order valence-corrected chi connectivity index (χ0v) is 20.3. The Morgan fingerprint density at radius 2 is 1.64 bits per heavy atom. The average Bonchev–Trinajstić information content (AvgIpc) is 2.78. The summed E-state index contributed by atoms with van der Waals surface area (Å²) in [6, 6.07) is 19.5. The minimum Gasteiger partial charge on any atom is -0.493 e. The molecule has 0 heterocycles. The number of rotatable bonds is 7. The van der Waals surface area contributed by atoms with Gasteiger partial charge in [0.15, 0.2) is 11.5 Å². The van der Waals surface area contributed by atoms with Crippen LogP contribution in [-0.2, 0) is 16.8 Å². The highest BCUT2D eigenvalue weighted by Gasteiger charge is 2.20. The predicted molar refractivity (Wildman–Crippen MR) is 133 cm³/mol. The van der Waals surface area contributed by atoms with Gasteiger partial charge in [-0.05, 0) is 60.2 Å². The second kappa shape index (κ2) is 10.4. The van der Waals surface area contributed by atoms with Crippen molar-refractivity contribution in [2.75, 3.05) is 7.11 Å². The number of benzene rings is 3. The van der Waals surface area contributed by atoms with E-state index in [1.165, 1.54) is 11.6 Å². The second-order valence-electron chi connectivity index (χ2n) is 9.13. The van der Waals surface area contributed by atoms with Gasteiger partial charge in [0.25, 0.3) is 0 Å². The summed E-state index contributed by atoms with van der Waals surface area (Å²) < 4.78 is 17.1. The van der Waals surface area contributed by atoms with E-state index in [-0.39, 0.29) is 5.41 Å². The lowest BCUT2D eigenvalue weighted by Crippen LogP contribution is -2.15. The van der Waals surface area contributed by atoms with E-state index in [2.05, 4.69) is 39.8 Å². The van der Waals surface area contributed by atoms with Crippen LogP contribution in [0, 0.1) is 13.8 Å². The summed E-state index contributed by atoms with van der Waals surface area (Å²) in [4.78, 5) is 12.5. The van der Waals surface area contributed by atoms with Crippen LogP contribution in [0.1, 0.15) is 48.6 Å². The van der Waals surface area contributed by atoms with E-state index in [4.69, 9.17) is 14.2 Å². The Kier molecular flexibility index (Phi) is 7.59. The topological polar surface area (TPSA) is 44.8 Å². The molecular formula is C29H32O4. The number of carbonyl (C=O) groups is 1. The van der Waals surface area contributed by atoms with Crippen LogP contribution in [0.5, 0.6) is 17.2 Å². The number of esters is 1. The van der Waals surface area contributed by atoms with Gasteiger partial charge in [0.2, 0.25) is 0 Å². The average molecular weight is 445 g/mol. The van der Waals surface area contributed by atoms with Crippen LogP contribution in [0.2, 0.25) is 0 Å². The Labute approximate surface area is 196 Å². The van der Waals surface area contributed by atoms with Gasteiger partial charge in [-0.1, -0.05) is 68.8 Å². The third-order valence-corrected chi connectivity index (χ3v) is 5.40. The molecule has 3 rings (SSSR count). The molecule has 0 unspecified atom stereocenters. The summed E-state index contributed by atoms with van der Waals surface area (Å²) in [7, 11) is 1.60. The van der Waals surface area contributed by atoms with Crippen LogP contribution < -0.4 is 14.2 Å². The van der Waals surface area contributed by atoms with Gasteiger partial charge < -0.3 is 14.2 Å². The molecule has 0 aliphatic rings. The van der Waals surface area contributed by atoms with E-state index in [0.29, 0.717) is 23.9 Å². The SMILES string of the molecule is COc1cc(/C=C/C(=O)Oc2ccc(C)cc2C(C)(C)C)ccc1OCc1ccccc1C. The molecule has 0 saturated carbocycles. The summed E-state index contributed by atoms with van der Waals surface area (Å²) in [5.41, 5.74) is 5.11. The Morgan fingerprint density at radius 1 is 0.909 bits per heavy atom. The molecule has 0 atom stereocenters. The maximum absolute atomic E-state index is 12.5. The van der Waals surface area contributed by atoms with Crippen LogP contribution >= 0.6 is 0 Å².